The molecule has 7 heteroatoms. The topological polar surface area (TPSA) is 66.1 Å². The first-order chi connectivity index (χ1) is 11.8. The summed E-state index contributed by atoms with van der Waals surface area (Å²) in [5.41, 5.74) is 1.83. The van der Waals surface area contributed by atoms with Crippen molar-refractivity contribution in [3.63, 3.8) is 0 Å². The van der Waals surface area contributed by atoms with Crippen molar-refractivity contribution < 1.29 is 12.8 Å². The van der Waals surface area contributed by atoms with Crippen LogP contribution >= 0.6 is 0 Å². The van der Waals surface area contributed by atoms with E-state index in [0.29, 0.717) is 16.6 Å². The fourth-order valence-corrected chi connectivity index (χ4v) is 4.44. The normalized spacial score (nSPS) is 12.0. The van der Waals surface area contributed by atoms with Gasteiger partial charge in [0.2, 0.25) is 0 Å². The van der Waals surface area contributed by atoms with E-state index in [9.17, 15) is 12.8 Å². The van der Waals surface area contributed by atoms with Crippen LogP contribution in [0.5, 0.6) is 0 Å². The molecule has 3 aromatic rings. The zero-order valence-corrected chi connectivity index (χ0v) is 15.1. The molecule has 0 radical (unpaired) electrons. The van der Waals surface area contributed by atoms with Crippen LogP contribution in [0.1, 0.15) is 19.4 Å². The summed E-state index contributed by atoms with van der Waals surface area (Å²) < 4.78 is 41.6. The van der Waals surface area contributed by atoms with Gasteiger partial charge in [-0.2, -0.15) is 5.10 Å². The van der Waals surface area contributed by atoms with Gasteiger partial charge in [0.1, 0.15) is 5.82 Å². The Hall–Kier alpha value is -2.41. The zero-order chi connectivity index (χ0) is 18.2. The van der Waals surface area contributed by atoms with Gasteiger partial charge in [0.15, 0.2) is 0 Å². The SMILES string of the molecule is Cc1ccc(F)cc1N(CC(C)C)S(=O)(=O)c1ccc2[nH]ncc2c1. The summed E-state index contributed by atoms with van der Waals surface area (Å²) in [5.74, 6) is -0.384. The Kier molecular flexibility index (Phi) is 4.51. The molecule has 132 valence electrons. The number of aromatic nitrogens is 2. The first-order valence-electron chi connectivity index (χ1n) is 8.01. The Labute approximate surface area is 146 Å². The lowest BCUT2D eigenvalue weighted by Gasteiger charge is -2.27. The molecule has 0 unspecified atom stereocenters. The van der Waals surface area contributed by atoms with Crippen LogP contribution in [-0.4, -0.2) is 25.2 Å². The lowest BCUT2D eigenvalue weighted by molar-refractivity contribution is 0.576. The number of rotatable bonds is 5. The predicted octanol–water partition coefficient (Wildman–Crippen LogP) is 3.86. The largest absolute Gasteiger partial charge is 0.278 e. The number of anilines is 1. The van der Waals surface area contributed by atoms with Crippen molar-refractivity contribution in [1.29, 1.82) is 0 Å². The van der Waals surface area contributed by atoms with E-state index in [1.165, 1.54) is 22.5 Å². The smallest absolute Gasteiger partial charge is 0.264 e. The highest BCUT2D eigenvalue weighted by Gasteiger charge is 2.27. The molecule has 0 aliphatic heterocycles. The number of nitrogens with one attached hydrogen (secondary N) is 1. The first-order valence-corrected chi connectivity index (χ1v) is 9.45. The minimum absolute atomic E-state index is 0.0788. The van der Waals surface area contributed by atoms with Crippen LogP contribution in [0.4, 0.5) is 10.1 Å². The number of fused-ring (bicyclic) bond motifs is 1. The van der Waals surface area contributed by atoms with E-state index in [2.05, 4.69) is 10.2 Å². The Morgan fingerprint density at radius 3 is 2.68 bits per heavy atom. The number of hydrogen-bond acceptors (Lipinski definition) is 3. The lowest BCUT2D eigenvalue weighted by atomic mass is 10.1. The van der Waals surface area contributed by atoms with Crippen LogP contribution in [0.2, 0.25) is 0 Å². The molecule has 0 aliphatic rings. The Bertz CT molecular complexity index is 1010. The molecule has 0 aliphatic carbocycles. The second-order valence-electron chi connectivity index (χ2n) is 6.48. The fraction of sp³-hybridized carbons (Fsp3) is 0.278. The fourth-order valence-electron chi connectivity index (χ4n) is 2.72. The number of hydrogen-bond donors (Lipinski definition) is 1. The van der Waals surface area contributed by atoms with Crippen molar-refractivity contribution in [3.05, 3.63) is 54.0 Å². The zero-order valence-electron chi connectivity index (χ0n) is 14.3. The molecule has 0 fully saturated rings. The van der Waals surface area contributed by atoms with Gasteiger partial charge in [0.05, 0.1) is 22.3 Å². The lowest BCUT2D eigenvalue weighted by Crippen LogP contribution is -2.35. The second kappa shape index (κ2) is 6.48. The third kappa shape index (κ3) is 3.37. The molecule has 25 heavy (non-hydrogen) atoms. The van der Waals surface area contributed by atoms with Crippen molar-refractivity contribution >= 4 is 26.6 Å². The average Bonchev–Trinajstić information content (AvgIpc) is 3.02. The number of nitrogens with zero attached hydrogens (tertiary/aromatic N) is 2. The number of aryl methyl sites for hydroxylation is 1. The van der Waals surface area contributed by atoms with Crippen molar-refractivity contribution in [3.8, 4) is 0 Å². The summed E-state index contributed by atoms with van der Waals surface area (Å²) in [6.07, 6.45) is 1.58. The molecule has 0 amide bonds. The average molecular weight is 361 g/mol. The van der Waals surface area contributed by atoms with E-state index in [0.717, 1.165) is 5.52 Å². The Morgan fingerprint density at radius 2 is 1.96 bits per heavy atom. The predicted molar refractivity (Wildman–Crippen MR) is 96.6 cm³/mol. The van der Waals surface area contributed by atoms with E-state index in [-0.39, 0.29) is 17.4 Å². The highest BCUT2D eigenvalue weighted by molar-refractivity contribution is 7.92. The van der Waals surface area contributed by atoms with E-state index in [4.69, 9.17) is 0 Å². The van der Waals surface area contributed by atoms with E-state index < -0.39 is 15.8 Å². The van der Waals surface area contributed by atoms with Gasteiger partial charge in [-0.15, -0.1) is 0 Å². The number of halogens is 1. The van der Waals surface area contributed by atoms with Crippen LogP contribution in [0.25, 0.3) is 10.9 Å². The van der Waals surface area contributed by atoms with Crippen molar-refractivity contribution in [1.82, 2.24) is 10.2 Å². The van der Waals surface area contributed by atoms with Crippen LogP contribution in [0, 0.1) is 18.7 Å². The minimum Gasteiger partial charge on any atom is -0.278 e. The molecule has 0 bridgehead atoms. The highest BCUT2D eigenvalue weighted by Crippen LogP contribution is 2.29. The summed E-state index contributed by atoms with van der Waals surface area (Å²) in [4.78, 5) is 0.158. The Morgan fingerprint density at radius 1 is 1.20 bits per heavy atom. The van der Waals surface area contributed by atoms with Gasteiger partial charge in [0, 0.05) is 11.9 Å². The van der Waals surface area contributed by atoms with Gasteiger partial charge >= 0.3 is 0 Å². The van der Waals surface area contributed by atoms with Crippen LogP contribution in [0.3, 0.4) is 0 Å². The molecule has 0 saturated heterocycles. The first kappa shape index (κ1) is 17.4. The third-order valence-electron chi connectivity index (χ3n) is 3.97. The summed E-state index contributed by atoms with van der Waals surface area (Å²) >= 11 is 0. The molecule has 0 spiro atoms. The molecule has 3 rings (SSSR count). The molecule has 5 nitrogen and oxygen atoms in total. The molecule has 1 aromatic heterocycles. The molecular weight excluding hydrogens is 341 g/mol. The number of aromatic amines is 1. The minimum atomic E-state index is -3.83. The summed E-state index contributed by atoms with van der Waals surface area (Å²) in [7, 11) is -3.83. The number of H-pyrrole nitrogens is 1. The third-order valence-corrected chi connectivity index (χ3v) is 5.75. The van der Waals surface area contributed by atoms with Crippen molar-refractivity contribution in [2.45, 2.75) is 25.7 Å². The molecule has 0 atom stereocenters. The van der Waals surface area contributed by atoms with Gasteiger partial charge in [-0.3, -0.25) is 9.40 Å². The Balaban J connectivity index is 2.15. The summed E-state index contributed by atoms with van der Waals surface area (Å²) in [6, 6.07) is 8.99. The summed E-state index contributed by atoms with van der Waals surface area (Å²) in [5, 5.41) is 7.43. The quantitative estimate of drug-likeness (QED) is 0.750. The van der Waals surface area contributed by atoms with Crippen LogP contribution in [-0.2, 0) is 10.0 Å². The maximum Gasteiger partial charge on any atom is 0.264 e. The standard InChI is InChI=1S/C18H20FN3O2S/c1-12(2)11-22(18-9-15(19)5-4-13(18)3)25(23,24)16-6-7-17-14(8-16)10-20-21-17/h4-10,12H,11H2,1-3H3,(H,20,21). The van der Waals surface area contributed by atoms with Gasteiger partial charge < -0.3 is 0 Å². The molecule has 1 N–H and O–H groups in total. The molecule has 0 saturated carbocycles. The molecule has 2 aromatic carbocycles. The van der Waals surface area contributed by atoms with Gasteiger partial charge in [-0.25, -0.2) is 12.8 Å². The van der Waals surface area contributed by atoms with Gasteiger partial charge in [-0.05, 0) is 48.7 Å². The molecular formula is C18H20FN3O2S. The van der Waals surface area contributed by atoms with E-state index in [1.54, 1.807) is 31.3 Å². The van der Waals surface area contributed by atoms with E-state index >= 15 is 0 Å². The van der Waals surface area contributed by atoms with Crippen molar-refractivity contribution in [2.24, 2.45) is 5.92 Å². The monoisotopic (exact) mass is 361 g/mol. The summed E-state index contributed by atoms with van der Waals surface area (Å²) in [6.45, 7) is 5.89. The maximum absolute atomic E-state index is 13.8. The molecule has 1 heterocycles. The van der Waals surface area contributed by atoms with Crippen LogP contribution < -0.4 is 4.31 Å². The second-order valence-corrected chi connectivity index (χ2v) is 8.34. The number of benzene rings is 2. The van der Waals surface area contributed by atoms with Crippen LogP contribution in [0.15, 0.2) is 47.5 Å². The van der Waals surface area contributed by atoms with Gasteiger partial charge in [0.25, 0.3) is 10.0 Å². The van der Waals surface area contributed by atoms with Crippen molar-refractivity contribution in [2.75, 3.05) is 10.8 Å². The number of sulfonamides is 1. The maximum atomic E-state index is 13.8. The van der Waals surface area contributed by atoms with Gasteiger partial charge in [-0.1, -0.05) is 19.9 Å². The highest BCUT2D eigenvalue weighted by atomic mass is 32.2. The van der Waals surface area contributed by atoms with E-state index in [1.807, 2.05) is 13.8 Å².